The molecule has 0 aromatic heterocycles. The van der Waals surface area contributed by atoms with Crippen molar-refractivity contribution in [1.82, 2.24) is 0 Å². The monoisotopic (exact) mass is 207 g/mol. The molecule has 1 aromatic carbocycles. The van der Waals surface area contributed by atoms with E-state index in [0.717, 1.165) is 0 Å². The Morgan fingerprint density at radius 2 is 1.80 bits per heavy atom. The summed E-state index contributed by atoms with van der Waals surface area (Å²) in [7, 11) is 2.88. The molecule has 4 nitrogen and oxygen atoms in total. The number of rotatable bonds is 4. The first-order valence-corrected chi connectivity index (χ1v) is 4.22. The van der Waals surface area contributed by atoms with Crippen LogP contribution >= 0.6 is 0 Å². The first kappa shape index (κ1) is 11.1. The van der Waals surface area contributed by atoms with Gasteiger partial charge in [-0.2, -0.15) is 0 Å². The van der Waals surface area contributed by atoms with Crippen LogP contribution in [0, 0.1) is 0 Å². The minimum atomic E-state index is -0.0627. The molecule has 0 atom stereocenters. The number of hydrogen-bond donors (Lipinski definition) is 1. The molecule has 0 spiro atoms. The average molecular weight is 207 g/mol. The number of methoxy groups -OCH3 is 2. The zero-order chi connectivity index (χ0) is 11.3. The Balaban J connectivity index is 3.20. The molecule has 1 aromatic rings. The van der Waals surface area contributed by atoms with E-state index in [-0.39, 0.29) is 5.75 Å². The number of ether oxygens (including phenoxy) is 2. The maximum Gasteiger partial charge on any atom is 0.225 e. The van der Waals surface area contributed by atoms with Crippen molar-refractivity contribution in [3.05, 3.63) is 23.8 Å². The maximum atomic E-state index is 10.0. The topological polar surface area (TPSA) is 55.8 Å². The third kappa shape index (κ3) is 2.49. The number of benzene rings is 1. The zero-order valence-corrected chi connectivity index (χ0v) is 8.48. The molecule has 0 bridgehead atoms. The van der Waals surface area contributed by atoms with Crippen LogP contribution in [0.4, 0.5) is 0 Å². The van der Waals surface area contributed by atoms with Gasteiger partial charge in [0.05, 0.1) is 14.2 Å². The van der Waals surface area contributed by atoms with E-state index in [0.29, 0.717) is 17.1 Å². The van der Waals surface area contributed by atoms with Crippen LogP contribution in [-0.4, -0.2) is 25.6 Å². The highest BCUT2D eigenvalue weighted by Gasteiger charge is 2.09. The van der Waals surface area contributed by atoms with Gasteiger partial charge in [0.15, 0.2) is 11.5 Å². The Morgan fingerprint density at radius 1 is 1.27 bits per heavy atom. The fourth-order valence-corrected chi connectivity index (χ4v) is 1.14. The molecule has 0 aliphatic heterocycles. The molecule has 0 fully saturated rings. The molecule has 79 valence electrons. The van der Waals surface area contributed by atoms with Crippen molar-refractivity contribution < 1.29 is 19.4 Å². The lowest BCUT2D eigenvalue weighted by Gasteiger charge is -2.09. The quantitative estimate of drug-likeness (QED) is 0.761. The predicted molar refractivity (Wildman–Crippen MR) is 55.9 cm³/mol. The van der Waals surface area contributed by atoms with Gasteiger partial charge in [0.2, 0.25) is 12.0 Å². The van der Waals surface area contributed by atoms with E-state index in [2.05, 4.69) is 0 Å². The zero-order valence-electron chi connectivity index (χ0n) is 8.48. The smallest absolute Gasteiger partial charge is 0.225 e. The van der Waals surface area contributed by atoms with Gasteiger partial charge in [0.25, 0.3) is 0 Å². The van der Waals surface area contributed by atoms with E-state index in [1.54, 1.807) is 18.4 Å². The highest BCUT2D eigenvalue weighted by Crippen LogP contribution is 2.37. The van der Waals surface area contributed by atoms with Gasteiger partial charge in [0.1, 0.15) is 0 Å². The van der Waals surface area contributed by atoms with Crippen molar-refractivity contribution in [2.45, 2.75) is 0 Å². The minimum absolute atomic E-state index is 0.0627. The molecular weight excluding hydrogens is 196 g/mol. The Kier molecular flexibility index (Phi) is 3.74. The predicted octanol–water partition coefficient (Wildman–Crippen LogP) is 1.53. The van der Waals surface area contributed by atoms with E-state index in [1.165, 1.54) is 26.4 Å². The van der Waals surface area contributed by atoms with E-state index in [9.17, 15) is 9.90 Å². The summed E-state index contributed by atoms with van der Waals surface area (Å²) in [6.07, 6.45) is 4.40. The molecule has 0 amide bonds. The van der Waals surface area contributed by atoms with E-state index in [1.807, 2.05) is 0 Å². The SMILES string of the molecule is COc1cc(C=C[C]=O)cc(OC)c1O. The summed E-state index contributed by atoms with van der Waals surface area (Å²) in [6.45, 7) is 0. The van der Waals surface area contributed by atoms with Crippen LogP contribution in [0.3, 0.4) is 0 Å². The van der Waals surface area contributed by atoms with Gasteiger partial charge in [-0.05, 0) is 23.8 Å². The van der Waals surface area contributed by atoms with Crippen molar-refractivity contribution >= 4 is 12.4 Å². The molecular formula is C11H11O4. The molecule has 1 rings (SSSR count). The molecule has 4 heteroatoms. The molecule has 0 saturated heterocycles. The van der Waals surface area contributed by atoms with Crippen LogP contribution in [0.15, 0.2) is 18.2 Å². The molecule has 15 heavy (non-hydrogen) atoms. The standard InChI is InChI=1S/C11H11O4/c1-14-9-6-8(4-3-5-12)7-10(15-2)11(9)13/h3-4,6-7,13H,1-2H3. The van der Waals surface area contributed by atoms with Gasteiger partial charge in [-0.1, -0.05) is 6.08 Å². The third-order valence-electron chi connectivity index (χ3n) is 1.85. The van der Waals surface area contributed by atoms with Crippen molar-refractivity contribution in [3.8, 4) is 17.2 Å². The normalized spacial score (nSPS) is 10.3. The molecule has 0 heterocycles. The maximum absolute atomic E-state index is 10.0. The summed E-state index contributed by atoms with van der Waals surface area (Å²) in [5, 5.41) is 9.59. The Hall–Kier alpha value is -1.97. The minimum Gasteiger partial charge on any atom is -0.502 e. The first-order chi connectivity index (χ1) is 7.22. The van der Waals surface area contributed by atoms with Gasteiger partial charge >= 0.3 is 0 Å². The summed E-state index contributed by atoms with van der Waals surface area (Å²) in [6, 6.07) is 3.18. The molecule has 1 N–H and O–H groups in total. The van der Waals surface area contributed by atoms with Crippen molar-refractivity contribution in [2.24, 2.45) is 0 Å². The molecule has 0 unspecified atom stereocenters. The van der Waals surface area contributed by atoms with Crippen LogP contribution in [0.25, 0.3) is 6.08 Å². The van der Waals surface area contributed by atoms with Crippen LogP contribution in [0.5, 0.6) is 17.2 Å². The van der Waals surface area contributed by atoms with Crippen molar-refractivity contribution in [2.75, 3.05) is 14.2 Å². The molecule has 0 aliphatic rings. The van der Waals surface area contributed by atoms with E-state index in [4.69, 9.17) is 9.47 Å². The fraction of sp³-hybridized carbons (Fsp3) is 0.182. The summed E-state index contributed by atoms with van der Waals surface area (Å²) in [5.74, 6) is 0.520. The van der Waals surface area contributed by atoms with E-state index < -0.39 is 0 Å². The van der Waals surface area contributed by atoms with Crippen molar-refractivity contribution in [3.63, 3.8) is 0 Å². The third-order valence-corrected chi connectivity index (χ3v) is 1.85. The lowest BCUT2D eigenvalue weighted by atomic mass is 10.1. The van der Waals surface area contributed by atoms with E-state index >= 15 is 0 Å². The molecule has 0 aliphatic carbocycles. The van der Waals surface area contributed by atoms with Crippen LogP contribution in [0.1, 0.15) is 5.56 Å². The fourth-order valence-electron chi connectivity index (χ4n) is 1.14. The number of allylic oxidation sites excluding steroid dienone is 1. The average Bonchev–Trinajstić information content (AvgIpc) is 2.27. The highest BCUT2D eigenvalue weighted by molar-refractivity contribution is 5.75. The van der Waals surface area contributed by atoms with Crippen LogP contribution < -0.4 is 9.47 Å². The Morgan fingerprint density at radius 3 is 2.20 bits per heavy atom. The second-order valence-corrected chi connectivity index (χ2v) is 2.73. The Labute approximate surface area is 87.7 Å². The summed E-state index contributed by atoms with van der Waals surface area (Å²) < 4.78 is 9.89. The number of phenols is 1. The van der Waals surface area contributed by atoms with Crippen LogP contribution in [-0.2, 0) is 4.79 Å². The van der Waals surface area contributed by atoms with Gasteiger partial charge in [0, 0.05) is 0 Å². The second-order valence-electron chi connectivity index (χ2n) is 2.73. The summed E-state index contributed by atoms with van der Waals surface area (Å²) in [4.78, 5) is 10.0. The number of hydrogen-bond acceptors (Lipinski definition) is 4. The largest absolute Gasteiger partial charge is 0.502 e. The Bertz CT molecular complexity index is 357. The highest BCUT2D eigenvalue weighted by atomic mass is 16.5. The van der Waals surface area contributed by atoms with Gasteiger partial charge in [-0.25, -0.2) is 0 Å². The van der Waals surface area contributed by atoms with Gasteiger partial charge in [-0.3, -0.25) is 4.79 Å². The van der Waals surface area contributed by atoms with Crippen LogP contribution in [0.2, 0.25) is 0 Å². The summed E-state index contributed by atoms with van der Waals surface area (Å²) in [5.41, 5.74) is 0.685. The second kappa shape index (κ2) is 5.05. The lowest BCUT2D eigenvalue weighted by Crippen LogP contribution is -1.90. The first-order valence-electron chi connectivity index (χ1n) is 4.22. The van der Waals surface area contributed by atoms with Crippen molar-refractivity contribution in [1.29, 1.82) is 0 Å². The number of aromatic hydroxyl groups is 1. The number of carbonyl (C=O) groups excluding carboxylic acids is 1. The summed E-state index contributed by atoms with van der Waals surface area (Å²) >= 11 is 0. The lowest BCUT2D eigenvalue weighted by molar-refractivity contribution is 0.340. The van der Waals surface area contributed by atoms with Gasteiger partial charge in [-0.15, -0.1) is 0 Å². The van der Waals surface area contributed by atoms with Gasteiger partial charge < -0.3 is 14.6 Å². The number of phenolic OH excluding ortho intramolecular Hbond substituents is 1. The molecule has 1 radical (unpaired) electrons. The molecule has 0 saturated carbocycles.